The molecule has 9 heteroatoms. The maximum atomic E-state index is 13.1. The summed E-state index contributed by atoms with van der Waals surface area (Å²) >= 11 is 0. The second-order valence-electron chi connectivity index (χ2n) is 5.01. The van der Waals surface area contributed by atoms with Crippen LogP contribution in [0.25, 0.3) is 11.0 Å². The van der Waals surface area contributed by atoms with Gasteiger partial charge in [0, 0.05) is 33.0 Å². The van der Waals surface area contributed by atoms with Crippen LogP contribution >= 0.6 is 0 Å². The van der Waals surface area contributed by atoms with Crippen molar-refractivity contribution in [2.24, 2.45) is 0 Å². The Hall–Kier alpha value is -1.90. The van der Waals surface area contributed by atoms with Crippen molar-refractivity contribution in [2.75, 3.05) is 25.1 Å². The third kappa shape index (κ3) is 2.21. The normalized spacial score (nSPS) is 19.1. The Morgan fingerprint density at radius 3 is 2.62 bits per heavy atom. The van der Waals surface area contributed by atoms with Crippen molar-refractivity contribution in [3.63, 3.8) is 0 Å². The second kappa shape index (κ2) is 4.83. The Morgan fingerprint density at radius 1 is 1.29 bits per heavy atom. The molecule has 0 saturated carbocycles. The van der Waals surface area contributed by atoms with Gasteiger partial charge in [-0.05, 0) is 0 Å². The third-order valence-corrected chi connectivity index (χ3v) is 4.00. The Balaban J connectivity index is 1.84. The molecule has 2 aromatic heterocycles. The Kier molecular flexibility index (Phi) is 3.23. The molecule has 0 unspecified atom stereocenters. The Labute approximate surface area is 118 Å². The van der Waals surface area contributed by atoms with Gasteiger partial charge in [0.1, 0.15) is 12.1 Å². The number of alkyl halides is 3. The zero-order chi connectivity index (χ0) is 15.1. The smallest absolute Gasteiger partial charge is 0.369 e. The topological polar surface area (TPSA) is 66.9 Å². The van der Waals surface area contributed by atoms with Gasteiger partial charge in [0.15, 0.2) is 11.2 Å². The lowest BCUT2D eigenvalue weighted by atomic mass is 9.90. The minimum Gasteiger partial charge on any atom is -0.369 e. The van der Waals surface area contributed by atoms with Gasteiger partial charge in [-0.2, -0.15) is 18.3 Å². The molecule has 1 aliphatic heterocycles. The molecular weight excluding hydrogens is 287 g/mol. The van der Waals surface area contributed by atoms with E-state index in [1.54, 1.807) is 6.20 Å². The summed E-state index contributed by atoms with van der Waals surface area (Å²) in [7, 11) is 1.11. The van der Waals surface area contributed by atoms with Crippen molar-refractivity contribution in [3.05, 3.63) is 12.5 Å². The lowest BCUT2D eigenvalue weighted by Crippen LogP contribution is -2.54. The minimum atomic E-state index is -4.37. The van der Waals surface area contributed by atoms with Gasteiger partial charge < -0.3 is 9.64 Å². The SMILES string of the molecule is COC1(C(F)(F)F)CCN(c2ncnc3[nH]ncc23)CC1. The average Bonchev–Trinajstić information content (AvgIpc) is 2.94. The number of piperidine rings is 1. The van der Waals surface area contributed by atoms with E-state index < -0.39 is 11.8 Å². The van der Waals surface area contributed by atoms with E-state index in [2.05, 4.69) is 20.2 Å². The largest absolute Gasteiger partial charge is 0.417 e. The summed E-state index contributed by atoms with van der Waals surface area (Å²) in [4.78, 5) is 10.00. The Morgan fingerprint density at radius 2 is 2.00 bits per heavy atom. The standard InChI is InChI=1S/C12H14F3N5O/c1-21-11(12(13,14)15)2-4-20(5-3-11)10-8-6-18-19-9(8)16-7-17-10/h6-7H,2-5H2,1H3,(H,16,17,18,19). The number of hydrogen-bond donors (Lipinski definition) is 1. The number of ether oxygens (including phenoxy) is 1. The van der Waals surface area contributed by atoms with Gasteiger partial charge in [0.25, 0.3) is 0 Å². The lowest BCUT2D eigenvalue weighted by molar-refractivity contribution is -0.276. The van der Waals surface area contributed by atoms with Crippen molar-refractivity contribution >= 4 is 16.9 Å². The molecule has 3 rings (SSSR count). The number of nitrogens with zero attached hydrogens (tertiary/aromatic N) is 4. The van der Waals surface area contributed by atoms with Gasteiger partial charge in [-0.15, -0.1) is 0 Å². The molecule has 0 radical (unpaired) electrons. The highest BCUT2D eigenvalue weighted by Gasteiger charge is 2.56. The summed E-state index contributed by atoms with van der Waals surface area (Å²) in [5.41, 5.74) is -1.49. The first-order valence-electron chi connectivity index (χ1n) is 6.48. The maximum absolute atomic E-state index is 13.1. The van der Waals surface area contributed by atoms with E-state index in [1.165, 1.54) is 6.33 Å². The van der Waals surface area contributed by atoms with E-state index in [0.717, 1.165) is 7.11 Å². The van der Waals surface area contributed by atoms with E-state index in [-0.39, 0.29) is 25.9 Å². The van der Waals surface area contributed by atoms with Gasteiger partial charge >= 0.3 is 6.18 Å². The number of halogens is 3. The maximum Gasteiger partial charge on any atom is 0.417 e. The Bertz CT molecular complexity index is 633. The highest BCUT2D eigenvalue weighted by molar-refractivity contribution is 5.86. The summed E-state index contributed by atoms with van der Waals surface area (Å²) in [6, 6.07) is 0. The fourth-order valence-electron chi connectivity index (χ4n) is 2.69. The second-order valence-corrected chi connectivity index (χ2v) is 5.01. The fraction of sp³-hybridized carbons (Fsp3) is 0.583. The highest BCUT2D eigenvalue weighted by atomic mass is 19.4. The zero-order valence-corrected chi connectivity index (χ0v) is 11.3. The molecule has 0 aromatic carbocycles. The number of aromatic amines is 1. The highest BCUT2D eigenvalue weighted by Crippen LogP contribution is 2.42. The molecule has 6 nitrogen and oxygen atoms in total. The summed E-state index contributed by atoms with van der Waals surface area (Å²) in [5.74, 6) is 0.598. The molecule has 3 heterocycles. The molecule has 1 aliphatic rings. The molecule has 2 aromatic rings. The van der Waals surface area contributed by atoms with Gasteiger partial charge in [-0.3, -0.25) is 5.10 Å². The summed E-state index contributed by atoms with van der Waals surface area (Å²) in [5, 5.41) is 7.30. The zero-order valence-electron chi connectivity index (χ0n) is 11.3. The van der Waals surface area contributed by atoms with Crippen molar-refractivity contribution in [3.8, 4) is 0 Å². The monoisotopic (exact) mass is 301 g/mol. The molecule has 1 fully saturated rings. The van der Waals surface area contributed by atoms with Crippen LogP contribution in [0.5, 0.6) is 0 Å². The van der Waals surface area contributed by atoms with Crippen LogP contribution in [-0.4, -0.2) is 52.1 Å². The van der Waals surface area contributed by atoms with Gasteiger partial charge in [-0.25, -0.2) is 9.97 Å². The van der Waals surface area contributed by atoms with E-state index in [0.29, 0.717) is 16.9 Å². The van der Waals surface area contributed by atoms with Crippen LogP contribution < -0.4 is 4.90 Å². The lowest BCUT2D eigenvalue weighted by Gasteiger charge is -2.42. The molecular formula is C12H14F3N5O. The van der Waals surface area contributed by atoms with Crippen LogP contribution in [0.15, 0.2) is 12.5 Å². The third-order valence-electron chi connectivity index (χ3n) is 4.00. The van der Waals surface area contributed by atoms with Crippen LogP contribution in [0.1, 0.15) is 12.8 Å². The first-order valence-corrected chi connectivity index (χ1v) is 6.48. The van der Waals surface area contributed by atoms with Crippen LogP contribution in [0.3, 0.4) is 0 Å². The van der Waals surface area contributed by atoms with E-state index in [9.17, 15) is 13.2 Å². The molecule has 0 bridgehead atoms. The first-order chi connectivity index (χ1) is 9.97. The molecule has 0 atom stereocenters. The average molecular weight is 301 g/mol. The van der Waals surface area contributed by atoms with Crippen LogP contribution in [0.2, 0.25) is 0 Å². The van der Waals surface area contributed by atoms with Crippen molar-refractivity contribution < 1.29 is 17.9 Å². The fourth-order valence-corrected chi connectivity index (χ4v) is 2.69. The van der Waals surface area contributed by atoms with Gasteiger partial charge in [0.05, 0.1) is 11.6 Å². The number of rotatable bonds is 2. The van der Waals surface area contributed by atoms with Gasteiger partial charge in [0.2, 0.25) is 0 Å². The first kappa shape index (κ1) is 14.1. The number of fused-ring (bicyclic) bond motifs is 1. The van der Waals surface area contributed by atoms with E-state index in [1.807, 2.05) is 4.90 Å². The molecule has 114 valence electrons. The summed E-state index contributed by atoms with van der Waals surface area (Å²) in [6.07, 6.45) is -1.68. The number of anilines is 1. The molecule has 0 aliphatic carbocycles. The van der Waals surface area contributed by atoms with E-state index in [4.69, 9.17) is 4.74 Å². The number of nitrogens with one attached hydrogen (secondary N) is 1. The molecule has 0 amide bonds. The molecule has 21 heavy (non-hydrogen) atoms. The van der Waals surface area contributed by atoms with Gasteiger partial charge in [-0.1, -0.05) is 0 Å². The summed E-state index contributed by atoms with van der Waals surface area (Å²) in [6.45, 7) is 0.426. The number of methoxy groups -OCH3 is 1. The van der Waals surface area contributed by atoms with E-state index >= 15 is 0 Å². The minimum absolute atomic E-state index is 0.129. The predicted molar refractivity (Wildman–Crippen MR) is 68.9 cm³/mol. The summed E-state index contributed by atoms with van der Waals surface area (Å²) < 4.78 is 44.2. The van der Waals surface area contributed by atoms with Crippen LogP contribution in [0.4, 0.5) is 19.0 Å². The predicted octanol–water partition coefficient (Wildman–Crippen LogP) is 1.90. The van der Waals surface area contributed by atoms with Crippen molar-refractivity contribution in [1.82, 2.24) is 20.2 Å². The van der Waals surface area contributed by atoms with Crippen molar-refractivity contribution in [1.29, 1.82) is 0 Å². The van der Waals surface area contributed by atoms with Crippen LogP contribution in [-0.2, 0) is 4.74 Å². The molecule has 0 spiro atoms. The number of aromatic nitrogens is 4. The quantitative estimate of drug-likeness (QED) is 0.917. The van der Waals surface area contributed by atoms with Crippen LogP contribution in [0, 0.1) is 0 Å². The molecule has 1 N–H and O–H groups in total. The number of hydrogen-bond acceptors (Lipinski definition) is 5. The molecule has 1 saturated heterocycles. The number of H-pyrrole nitrogens is 1. The van der Waals surface area contributed by atoms with Crippen molar-refractivity contribution in [2.45, 2.75) is 24.6 Å².